The Bertz CT molecular complexity index is 743. The number of nitrogens with one attached hydrogen (secondary N) is 1. The summed E-state index contributed by atoms with van der Waals surface area (Å²) in [5, 5.41) is 9.59. The highest BCUT2D eigenvalue weighted by Crippen LogP contribution is 2.61. The summed E-state index contributed by atoms with van der Waals surface area (Å²) >= 11 is 0. The first kappa shape index (κ1) is 20.4. The number of pyridine rings is 1. The monoisotopic (exact) mass is 396 g/mol. The minimum absolute atomic E-state index is 0.0457. The first-order valence-corrected chi connectivity index (χ1v) is 11.5. The van der Waals surface area contributed by atoms with Gasteiger partial charge in [0.15, 0.2) is 0 Å². The maximum atomic E-state index is 12.9. The molecule has 0 spiro atoms. The summed E-state index contributed by atoms with van der Waals surface area (Å²) in [4.78, 5) is 17.5. The maximum absolute atomic E-state index is 12.9. The highest BCUT2D eigenvalue weighted by atomic mass is 16.2. The smallest absolute Gasteiger partial charge is 0.336 e. The van der Waals surface area contributed by atoms with E-state index in [1.54, 1.807) is 5.01 Å². The molecule has 2 bridgehead atoms. The van der Waals surface area contributed by atoms with E-state index >= 15 is 0 Å². The van der Waals surface area contributed by atoms with Gasteiger partial charge in [-0.15, -0.1) is 0 Å². The van der Waals surface area contributed by atoms with E-state index in [0.717, 1.165) is 42.6 Å². The van der Waals surface area contributed by atoms with Crippen LogP contribution in [0.15, 0.2) is 29.5 Å². The van der Waals surface area contributed by atoms with Gasteiger partial charge < -0.3 is 5.32 Å². The molecule has 1 aromatic heterocycles. The fourth-order valence-electron chi connectivity index (χ4n) is 5.82. The standard InChI is InChI=1S/C24H36N4O/c1-4-5-6-10-22-19(21-9-7-8-13-25-21)16-28(27-22)23(29)26-15-17-11-12-18-14-20(17)24(18,2)3/h7-9,13,17-20H,4-6,10-12,14-16H2,1-3H3,(H,26,29)/t17-,18?,19?,20?/m0/s1. The second-order valence-electron chi connectivity index (χ2n) is 9.82. The van der Waals surface area contributed by atoms with E-state index in [-0.39, 0.29) is 11.9 Å². The van der Waals surface area contributed by atoms with Crippen LogP contribution < -0.4 is 5.32 Å². The molecule has 5 rings (SSSR count). The largest absolute Gasteiger partial charge is 0.337 e. The van der Waals surface area contributed by atoms with Gasteiger partial charge in [-0.05, 0) is 67.4 Å². The van der Waals surface area contributed by atoms with Crippen molar-refractivity contribution < 1.29 is 4.79 Å². The number of rotatable bonds is 7. The number of hydrogen-bond acceptors (Lipinski definition) is 3. The van der Waals surface area contributed by atoms with Gasteiger partial charge in [-0.2, -0.15) is 5.10 Å². The molecule has 4 atom stereocenters. The van der Waals surface area contributed by atoms with Crippen molar-refractivity contribution >= 4 is 11.7 Å². The van der Waals surface area contributed by atoms with Crippen molar-refractivity contribution in [2.45, 2.75) is 71.6 Å². The molecular weight excluding hydrogens is 360 g/mol. The molecule has 3 fully saturated rings. The zero-order valence-electron chi connectivity index (χ0n) is 18.2. The number of unbranched alkanes of at least 4 members (excludes halogenated alkanes) is 2. The Labute approximate surface area is 175 Å². The van der Waals surface area contributed by atoms with E-state index < -0.39 is 0 Å². The fraction of sp³-hybridized carbons (Fsp3) is 0.708. The molecule has 1 aromatic rings. The Morgan fingerprint density at radius 1 is 1.28 bits per heavy atom. The lowest BCUT2D eigenvalue weighted by atomic mass is 9.45. The summed E-state index contributed by atoms with van der Waals surface area (Å²) in [5.74, 6) is 2.39. The van der Waals surface area contributed by atoms with Gasteiger partial charge in [0, 0.05) is 18.5 Å². The zero-order chi connectivity index (χ0) is 20.4. The average Bonchev–Trinajstić information content (AvgIpc) is 3.17. The third-order valence-corrected chi connectivity index (χ3v) is 7.84. The number of hydrogen-bond donors (Lipinski definition) is 1. The van der Waals surface area contributed by atoms with Gasteiger partial charge in [0.25, 0.3) is 0 Å². The molecule has 0 saturated heterocycles. The van der Waals surface area contributed by atoms with Crippen molar-refractivity contribution in [3.8, 4) is 0 Å². The molecule has 0 radical (unpaired) electrons. The van der Waals surface area contributed by atoms with Crippen molar-refractivity contribution in [3.63, 3.8) is 0 Å². The van der Waals surface area contributed by atoms with Crippen molar-refractivity contribution in [2.24, 2.45) is 28.3 Å². The molecular formula is C24H36N4O. The Morgan fingerprint density at radius 2 is 2.14 bits per heavy atom. The third kappa shape index (κ3) is 4.06. The topological polar surface area (TPSA) is 57.6 Å². The normalized spacial score (nSPS) is 29.9. The predicted molar refractivity (Wildman–Crippen MR) is 117 cm³/mol. The van der Waals surface area contributed by atoms with Crippen LogP contribution in [-0.4, -0.2) is 34.8 Å². The molecule has 4 aliphatic rings. The van der Waals surface area contributed by atoms with Crippen LogP contribution in [0.1, 0.15) is 77.3 Å². The van der Waals surface area contributed by atoms with E-state index in [0.29, 0.717) is 17.9 Å². The Hall–Kier alpha value is -1.91. The van der Waals surface area contributed by atoms with Crippen molar-refractivity contribution in [1.82, 2.24) is 15.3 Å². The highest BCUT2D eigenvalue weighted by molar-refractivity contribution is 5.94. The average molecular weight is 397 g/mol. The van der Waals surface area contributed by atoms with Gasteiger partial charge in [0.05, 0.1) is 18.2 Å². The zero-order valence-corrected chi connectivity index (χ0v) is 18.2. The van der Waals surface area contributed by atoms with Crippen LogP contribution in [0.25, 0.3) is 0 Å². The number of carbonyl (C=O) groups is 1. The van der Waals surface area contributed by atoms with Crippen LogP contribution in [0.4, 0.5) is 4.79 Å². The first-order valence-electron chi connectivity index (χ1n) is 11.5. The fourth-order valence-corrected chi connectivity index (χ4v) is 5.82. The molecule has 2 heterocycles. The molecule has 1 N–H and O–H groups in total. The second-order valence-corrected chi connectivity index (χ2v) is 9.82. The molecule has 5 heteroatoms. The van der Waals surface area contributed by atoms with E-state index in [1.807, 2.05) is 18.3 Å². The van der Waals surface area contributed by atoms with Gasteiger partial charge in [-0.1, -0.05) is 39.7 Å². The highest BCUT2D eigenvalue weighted by Gasteiger charge is 2.54. The van der Waals surface area contributed by atoms with Crippen LogP contribution in [0, 0.1) is 23.2 Å². The summed E-state index contributed by atoms with van der Waals surface area (Å²) in [6, 6.07) is 5.97. The maximum Gasteiger partial charge on any atom is 0.337 e. The number of aromatic nitrogens is 1. The lowest BCUT2D eigenvalue weighted by Gasteiger charge is -2.60. The number of nitrogens with zero attached hydrogens (tertiary/aromatic N) is 3. The van der Waals surface area contributed by atoms with Crippen molar-refractivity contribution in [2.75, 3.05) is 13.1 Å². The Morgan fingerprint density at radius 3 is 2.83 bits per heavy atom. The summed E-state index contributed by atoms with van der Waals surface area (Å²) in [5.41, 5.74) is 2.58. The van der Waals surface area contributed by atoms with E-state index in [2.05, 4.69) is 37.1 Å². The molecule has 2 amide bonds. The summed E-state index contributed by atoms with van der Waals surface area (Å²) in [6.07, 6.45) is 10.2. The summed E-state index contributed by atoms with van der Waals surface area (Å²) in [6.45, 7) is 8.41. The van der Waals surface area contributed by atoms with Gasteiger partial charge in [-0.3, -0.25) is 4.98 Å². The molecule has 3 unspecified atom stereocenters. The Balaban J connectivity index is 1.37. The van der Waals surface area contributed by atoms with Gasteiger partial charge in [0.1, 0.15) is 0 Å². The Kier molecular flexibility index (Phi) is 5.93. The van der Waals surface area contributed by atoms with Crippen LogP contribution in [-0.2, 0) is 0 Å². The summed E-state index contributed by atoms with van der Waals surface area (Å²) < 4.78 is 0. The summed E-state index contributed by atoms with van der Waals surface area (Å²) in [7, 11) is 0. The third-order valence-electron chi connectivity index (χ3n) is 7.84. The van der Waals surface area contributed by atoms with Crippen molar-refractivity contribution in [1.29, 1.82) is 0 Å². The van der Waals surface area contributed by atoms with Crippen LogP contribution in [0.3, 0.4) is 0 Å². The van der Waals surface area contributed by atoms with E-state index in [4.69, 9.17) is 5.10 Å². The SMILES string of the molecule is CCCCCC1=NN(C(=O)NC[C@@H]2CCC3CC2C3(C)C)CC1c1ccccn1. The van der Waals surface area contributed by atoms with Crippen molar-refractivity contribution in [3.05, 3.63) is 30.1 Å². The van der Waals surface area contributed by atoms with E-state index in [1.165, 1.54) is 32.1 Å². The molecule has 3 saturated carbocycles. The molecule has 158 valence electrons. The van der Waals surface area contributed by atoms with Gasteiger partial charge in [-0.25, -0.2) is 9.80 Å². The second kappa shape index (κ2) is 8.45. The lowest BCUT2D eigenvalue weighted by Crippen LogP contribution is -2.55. The number of carbonyl (C=O) groups excluding carboxylic acids is 1. The minimum Gasteiger partial charge on any atom is -0.336 e. The van der Waals surface area contributed by atoms with Crippen LogP contribution in [0.5, 0.6) is 0 Å². The quantitative estimate of drug-likeness (QED) is 0.644. The molecule has 0 aromatic carbocycles. The molecule has 5 nitrogen and oxygen atoms in total. The van der Waals surface area contributed by atoms with E-state index in [9.17, 15) is 4.79 Å². The van der Waals surface area contributed by atoms with Crippen LogP contribution >= 0.6 is 0 Å². The number of amides is 2. The first-order chi connectivity index (χ1) is 14.0. The molecule has 1 aliphatic heterocycles. The van der Waals surface area contributed by atoms with Gasteiger partial charge >= 0.3 is 6.03 Å². The minimum atomic E-state index is -0.0457. The van der Waals surface area contributed by atoms with Crippen LogP contribution in [0.2, 0.25) is 0 Å². The molecule has 3 aliphatic carbocycles. The number of urea groups is 1. The predicted octanol–water partition coefficient (Wildman–Crippen LogP) is 5.20. The number of hydrazone groups is 1. The lowest BCUT2D eigenvalue weighted by molar-refractivity contribution is -0.103. The molecule has 29 heavy (non-hydrogen) atoms. The van der Waals surface area contributed by atoms with Gasteiger partial charge in [0.2, 0.25) is 0 Å². The number of fused-ring (bicyclic) bond motifs is 2.